The van der Waals surface area contributed by atoms with Gasteiger partial charge in [-0.1, -0.05) is 68.2 Å². The van der Waals surface area contributed by atoms with E-state index >= 15 is 0 Å². The summed E-state index contributed by atoms with van der Waals surface area (Å²) in [4.78, 5) is 15.6. The summed E-state index contributed by atoms with van der Waals surface area (Å²) >= 11 is 0. The summed E-state index contributed by atoms with van der Waals surface area (Å²) in [5.41, 5.74) is 1.19. The second-order valence-electron chi connectivity index (χ2n) is 7.36. The van der Waals surface area contributed by atoms with Crippen LogP contribution in [0.3, 0.4) is 0 Å². The number of nitrogens with zero attached hydrogens (tertiary/aromatic N) is 1. The Kier molecular flexibility index (Phi) is 6.51. The van der Waals surface area contributed by atoms with E-state index in [0.29, 0.717) is 11.8 Å². The van der Waals surface area contributed by atoms with E-state index in [1.807, 2.05) is 6.07 Å². The van der Waals surface area contributed by atoms with Gasteiger partial charge in [-0.15, -0.1) is 0 Å². The molecule has 0 bridgehead atoms. The molecular formula is C22H31NO. The van der Waals surface area contributed by atoms with Gasteiger partial charge in [0.2, 0.25) is 5.91 Å². The molecule has 0 radical (unpaired) electrons. The van der Waals surface area contributed by atoms with E-state index in [-0.39, 0.29) is 5.92 Å². The lowest BCUT2D eigenvalue weighted by Gasteiger charge is -2.32. The first kappa shape index (κ1) is 17.3. The lowest BCUT2D eigenvalue weighted by atomic mass is 9.79. The first-order chi connectivity index (χ1) is 11.9. The molecule has 2 nitrogen and oxygen atoms in total. The fourth-order valence-electron chi connectivity index (χ4n) is 4.19. The van der Waals surface area contributed by atoms with Crippen LogP contribution < -0.4 is 0 Å². The van der Waals surface area contributed by atoms with E-state index in [2.05, 4.69) is 41.3 Å². The average Bonchev–Trinajstić information content (AvgIpc) is 2.77. The van der Waals surface area contributed by atoms with Crippen LogP contribution in [0.5, 0.6) is 0 Å². The van der Waals surface area contributed by atoms with E-state index in [1.54, 1.807) is 0 Å². The summed E-state index contributed by atoms with van der Waals surface area (Å²) in [6.45, 7) is 1.89. The third kappa shape index (κ3) is 4.49. The van der Waals surface area contributed by atoms with Crippen molar-refractivity contribution >= 4 is 5.91 Å². The average molecular weight is 325 g/mol. The highest BCUT2D eigenvalue weighted by molar-refractivity contribution is 5.84. The van der Waals surface area contributed by atoms with Crippen molar-refractivity contribution < 1.29 is 4.79 Å². The molecule has 1 aliphatic heterocycles. The van der Waals surface area contributed by atoms with Crippen LogP contribution in [0.2, 0.25) is 0 Å². The topological polar surface area (TPSA) is 20.3 Å². The van der Waals surface area contributed by atoms with E-state index in [9.17, 15) is 4.79 Å². The van der Waals surface area contributed by atoms with E-state index in [0.717, 1.165) is 38.8 Å². The molecule has 2 atom stereocenters. The molecule has 0 spiro atoms. The first-order valence-electron chi connectivity index (χ1n) is 9.86. The normalized spacial score (nSPS) is 23.8. The second-order valence-corrected chi connectivity index (χ2v) is 7.36. The summed E-state index contributed by atoms with van der Waals surface area (Å²) in [5.74, 6) is 0.726. The van der Waals surface area contributed by atoms with Gasteiger partial charge >= 0.3 is 0 Å². The van der Waals surface area contributed by atoms with Crippen LogP contribution >= 0.6 is 0 Å². The molecule has 0 aromatic heterocycles. The number of amides is 1. The van der Waals surface area contributed by atoms with Gasteiger partial charge in [-0.25, -0.2) is 0 Å². The number of rotatable bonds is 3. The third-order valence-corrected chi connectivity index (χ3v) is 5.56. The minimum Gasteiger partial charge on any atom is -0.342 e. The molecule has 1 heterocycles. The summed E-state index contributed by atoms with van der Waals surface area (Å²) in [6.07, 6.45) is 15.6. The molecule has 3 rings (SSSR count). The highest BCUT2D eigenvalue weighted by atomic mass is 16.2. The molecule has 2 unspecified atom stereocenters. The van der Waals surface area contributed by atoms with Gasteiger partial charge in [0.15, 0.2) is 0 Å². The number of allylic oxidation sites excluding steroid dienone is 2. The molecule has 1 amide bonds. The minimum atomic E-state index is 0.00324. The van der Waals surface area contributed by atoms with Crippen molar-refractivity contribution in [2.75, 3.05) is 13.1 Å². The molecule has 1 aromatic rings. The third-order valence-electron chi connectivity index (χ3n) is 5.56. The maximum absolute atomic E-state index is 13.5. The van der Waals surface area contributed by atoms with Crippen molar-refractivity contribution in [1.29, 1.82) is 0 Å². The number of carbonyl (C=O) groups is 1. The molecule has 2 heteroatoms. The zero-order chi connectivity index (χ0) is 16.6. The van der Waals surface area contributed by atoms with Crippen LogP contribution in [-0.2, 0) is 4.79 Å². The highest BCUT2D eigenvalue weighted by Crippen LogP contribution is 2.34. The van der Waals surface area contributed by atoms with Crippen molar-refractivity contribution in [3.8, 4) is 0 Å². The van der Waals surface area contributed by atoms with Crippen LogP contribution in [0.4, 0.5) is 0 Å². The fourth-order valence-corrected chi connectivity index (χ4v) is 4.19. The monoisotopic (exact) mass is 325 g/mol. The van der Waals surface area contributed by atoms with E-state index < -0.39 is 0 Å². The molecule has 1 aliphatic carbocycles. The zero-order valence-corrected chi connectivity index (χ0v) is 14.8. The molecule has 130 valence electrons. The van der Waals surface area contributed by atoms with E-state index in [1.165, 1.54) is 37.7 Å². The Morgan fingerprint density at radius 3 is 2.21 bits per heavy atom. The molecule has 1 aromatic carbocycles. The Morgan fingerprint density at radius 2 is 1.58 bits per heavy atom. The first-order valence-corrected chi connectivity index (χ1v) is 9.86. The van der Waals surface area contributed by atoms with Gasteiger partial charge in [-0.2, -0.15) is 0 Å². The molecular weight excluding hydrogens is 294 g/mol. The lowest BCUT2D eigenvalue weighted by molar-refractivity contribution is -0.134. The van der Waals surface area contributed by atoms with Crippen LogP contribution in [0.25, 0.3) is 0 Å². The molecule has 2 aliphatic rings. The van der Waals surface area contributed by atoms with Crippen molar-refractivity contribution in [1.82, 2.24) is 4.90 Å². The van der Waals surface area contributed by atoms with Gasteiger partial charge in [0, 0.05) is 13.1 Å². The van der Waals surface area contributed by atoms with Crippen molar-refractivity contribution in [2.45, 2.75) is 63.7 Å². The summed E-state index contributed by atoms with van der Waals surface area (Å²) in [7, 11) is 0. The molecule has 1 saturated heterocycles. The largest absolute Gasteiger partial charge is 0.342 e. The molecule has 24 heavy (non-hydrogen) atoms. The Labute approximate surface area is 146 Å². The second kappa shape index (κ2) is 9.05. The van der Waals surface area contributed by atoms with E-state index in [4.69, 9.17) is 0 Å². The van der Waals surface area contributed by atoms with Gasteiger partial charge in [-0.05, 0) is 43.6 Å². The van der Waals surface area contributed by atoms with Gasteiger partial charge in [-0.3, -0.25) is 4.79 Å². The van der Waals surface area contributed by atoms with Crippen LogP contribution in [0.1, 0.15) is 69.3 Å². The minimum absolute atomic E-state index is 0.00324. The lowest BCUT2D eigenvalue weighted by Crippen LogP contribution is -2.39. The number of benzene rings is 1. The highest BCUT2D eigenvalue weighted by Gasteiger charge is 2.32. The molecule has 0 saturated carbocycles. The van der Waals surface area contributed by atoms with Gasteiger partial charge < -0.3 is 4.90 Å². The summed E-state index contributed by atoms with van der Waals surface area (Å²) in [5, 5.41) is 0. The summed E-state index contributed by atoms with van der Waals surface area (Å²) < 4.78 is 0. The quantitative estimate of drug-likeness (QED) is 0.690. The van der Waals surface area contributed by atoms with Gasteiger partial charge in [0.25, 0.3) is 0 Å². The number of hydrogen-bond donors (Lipinski definition) is 0. The van der Waals surface area contributed by atoms with Crippen molar-refractivity contribution in [2.24, 2.45) is 5.92 Å². The van der Waals surface area contributed by atoms with Crippen molar-refractivity contribution in [3.63, 3.8) is 0 Å². The Bertz CT molecular complexity index is 526. The predicted octanol–water partition coefficient (Wildman–Crippen LogP) is 5.31. The maximum Gasteiger partial charge on any atom is 0.230 e. The van der Waals surface area contributed by atoms with Gasteiger partial charge in [0.05, 0.1) is 5.92 Å². The molecule has 0 N–H and O–H groups in total. The Balaban J connectivity index is 1.81. The van der Waals surface area contributed by atoms with Crippen molar-refractivity contribution in [3.05, 3.63) is 48.0 Å². The number of carbonyl (C=O) groups excluding carboxylic acids is 1. The molecule has 1 fully saturated rings. The standard InChI is InChI=1S/C22H31NO/c24-22(23-17-11-3-1-2-4-12-18-23)21(19-13-7-5-8-14-19)20-15-9-6-10-16-20/h5,7-9,13-15,20-21H,1-4,6,10-12,16-18H2. The smallest absolute Gasteiger partial charge is 0.230 e. The van der Waals surface area contributed by atoms with Crippen LogP contribution in [0.15, 0.2) is 42.5 Å². The predicted molar refractivity (Wildman–Crippen MR) is 99.9 cm³/mol. The Morgan fingerprint density at radius 1 is 0.917 bits per heavy atom. The Hall–Kier alpha value is -1.57. The fraction of sp³-hybridized carbons (Fsp3) is 0.591. The zero-order valence-electron chi connectivity index (χ0n) is 14.8. The van der Waals surface area contributed by atoms with Crippen LogP contribution in [0, 0.1) is 5.92 Å². The van der Waals surface area contributed by atoms with Gasteiger partial charge in [0.1, 0.15) is 0 Å². The summed E-state index contributed by atoms with van der Waals surface area (Å²) in [6, 6.07) is 10.5. The SMILES string of the molecule is O=C(C(c1ccccc1)C1C=CCCC1)N1CCCCCCCC1. The van der Waals surface area contributed by atoms with Crippen LogP contribution in [-0.4, -0.2) is 23.9 Å². The number of hydrogen-bond acceptors (Lipinski definition) is 1. The maximum atomic E-state index is 13.5.